The first kappa shape index (κ1) is 34.3. The molecule has 236 valence electrons. The molecule has 0 aliphatic heterocycles. The van der Waals surface area contributed by atoms with Crippen LogP contribution < -0.4 is 9.62 Å². The summed E-state index contributed by atoms with van der Waals surface area (Å²) >= 11 is 19.0. The van der Waals surface area contributed by atoms with Crippen molar-refractivity contribution in [3.63, 3.8) is 0 Å². The van der Waals surface area contributed by atoms with Crippen molar-refractivity contribution in [3.05, 3.63) is 129 Å². The van der Waals surface area contributed by atoms with Crippen molar-refractivity contribution < 1.29 is 18.0 Å². The molecule has 1 N–H and O–H groups in total. The fraction of sp³-hybridized carbons (Fsp3) is 0.235. The van der Waals surface area contributed by atoms with Crippen LogP contribution in [0.25, 0.3) is 0 Å². The van der Waals surface area contributed by atoms with E-state index < -0.39 is 28.5 Å². The zero-order valence-corrected chi connectivity index (χ0v) is 28.0. The molecule has 0 heterocycles. The third-order valence-corrected chi connectivity index (χ3v) is 9.77. The molecule has 0 saturated heterocycles. The highest BCUT2D eigenvalue weighted by Gasteiger charge is 2.35. The molecule has 0 aliphatic carbocycles. The van der Waals surface area contributed by atoms with Crippen LogP contribution in [0.3, 0.4) is 0 Å². The maximum Gasteiger partial charge on any atom is 0.264 e. The summed E-state index contributed by atoms with van der Waals surface area (Å²) in [5.41, 5.74) is 2.46. The maximum absolute atomic E-state index is 14.5. The average molecular weight is 687 g/mol. The Hall–Kier alpha value is -3.56. The van der Waals surface area contributed by atoms with E-state index in [2.05, 4.69) is 5.32 Å². The number of sulfonamides is 1. The molecule has 0 spiro atoms. The minimum absolute atomic E-state index is 0.00898. The van der Waals surface area contributed by atoms with Gasteiger partial charge in [0.05, 0.1) is 10.6 Å². The Bertz CT molecular complexity index is 1740. The van der Waals surface area contributed by atoms with Gasteiger partial charge in [0.1, 0.15) is 12.6 Å². The van der Waals surface area contributed by atoms with E-state index in [4.69, 9.17) is 34.8 Å². The summed E-state index contributed by atoms with van der Waals surface area (Å²) in [5, 5.41) is 3.94. The quantitative estimate of drug-likeness (QED) is 0.160. The standard InChI is InChI=1S/C34H34Cl3N3O4S/c1-3-18-38-34(42)32(19-25-8-5-4-6-9-25)39(22-26-14-15-28(36)21-31(26)37)33(41)23-40(29-11-7-10-27(35)20-29)45(43,44)30-16-12-24(2)13-17-30/h4-17,20-21,32H,3,18-19,22-23H2,1-2H3,(H,38,42). The van der Waals surface area contributed by atoms with Gasteiger partial charge in [0, 0.05) is 34.6 Å². The summed E-state index contributed by atoms with van der Waals surface area (Å²) in [6.45, 7) is 3.52. The normalized spacial score (nSPS) is 11.9. The molecule has 7 nitrogen and oxygen atoms in total. The van der Waals surface area contributed by atoms with Crippen molar-refractivity contribution in [2.24, 2.45) is 0 Å². The number of amides is 2. The van der Waals surface area contributed by atoms with E-state index in [-0.39, 0.29) is 29.5 Å². The first-order chi connectivity index (χ1) is 21.5. The molecular weight excluding hydrogens is 653 g/mol. The van der Waals surface area contributed by atoms with Crippen molar-refractivity contribution in [2.45, 2.75) is 44.2 Å². The fourth-order valence-corrected chi connectivity index (χ4v) is 6.81. The van der Waals surface area contributed by atoms with Crippen molar-refractivity contribution in [1.82, 2.24) is 10.2 Å². The number of hydrogen-bond acceptors (Lipinski definition) is 4. The number of benzene rings is 4. The lowest BCUT2D eigenvalue weighted by Crippen LogP contribution is -2.53. The Morgan fingerprint density at radius 3 is 2.18 bits per heavy atom. The largest absolute Gasteiger partial charge is 0.354 e. The van der Waals surface area contributed by atoms with Gasteiger partial charge in [0.15, 0.2) is 0 Å². The van der Waals surface area contributed by atoms with Crippen LogP contribution in [0.2, 0.25) is 15.1 Å². The Kier molecular flexibility index (Phi) is 11.9. The van der Waals surface area contributed by atoms with E-state index >= 15 is 0 Å². The lowest BCUT2D eigenvalue weighted by molar-refractivity contribution is -0.140. The summed E-state index contributed by atoms with van der Waals surface area (Å²) in [6.07, 6.45) is 0.882. The van der Waals surface area contributed by atoms with Crippen LogP contribution >= 0.6 is 34.8 Å². The Morgan fingerprint density at radius 2 is 1.53 bits per heavy atom. The van der Waals surface area contributed by atoms with E-state index in [1.54, 1.807) is 48.5 Å². The van der Waals surface area contributed by atoms with Gasteiger partial charge in [-0.1, -0.05) is 102 Å². The lowest BCUT2D eigenvalue weighted by atomic mass is 10.0. The molecule has 45 heavy (non-hydrogen) atoms. The summed E-state index contributed by atoms with van der Waals surface area (Å²) in [5.74, 6) is -0.973. The third-order valence-electron chi connectivity index (χ3n) is 7.16. The molecule has 0 radical (unpaired) electrons. The molecule has 0 aliphatic rings. The van der Waals surface area contributed by atoms with Gasteiger partial charge >= 0.3 is 0 Å². The number of carbonyl (C=O) groups excluding carboxylic acids is 2. The number of nitrogens with one attached hydrogen (secondary N) is 1. The molecule has 4 aromatic carbocycles. The molecular formula is C34H34Cl3N3O4S. The highest BCUT2D eigenvalue weighted by molar-refractivity contribution is 7.92. The van der Waals surface area contributed by atoms with Gasteiger partial charge in [0.2, 0.25) is 11.8 Å². The Balaban J connectivity index is 1.82. The van der Waals surface area contributed by atoms with Crippen LogP contribution in [0.1, 0.15) is 30.0 Å². The van der Waals surface area contributed by atoms with Crippen molar-refractivity contribution >= 4 is 62.3 Å². The number of rotatable bonds is 13. The van der Waals surface area contributed by atoms with Gasteiger partial charge in [-0.3, -0.25) is 13.9 Å². The van der Waals surface area contributed by atoms with Crippen molar-refractivity contribution in [2.75, 3.05) is 17.4 Å². The second-order valence-corrected chi connectivity index (χ2v) is 13.7. The second kappa shape index (κ2) is 15.6. The van der Waals surface area contributed by atoms with Crippen molar-refractivity contribution in [3.8, 4) is 0 Å². The zero-order chi connectivity index (χ0) is 32.6. The first-order valence-electron chi connectivity index (χ1n) is 14.4. The van der Waals surface area contributed by atoms with E-state index in [0.29, 0.717) is 33.6 Å². The molecule has 4 rings (SSSR count). The number of carbonyl (C=O) groups is 2. The van der Waals surface area contributed by atoms with Crippen LogP contribution in [0, 0.1) is 6.92 Å². The number of hydrogen-bond donors (Lipinski definition) is 1. The number of anilines is 1. The molecule has 0 bridgehead atoms. The van der Waals surface area contributed by atoms with Crippen LogP contribution in [-0.4, -0.2) is 44.3 Å². The molecule has 1 atom stereocenters. The molecule has 0 fully saturated rings. The van der Waals surface area contributed by atoms with Crippen LogP contribution in [0.5, 0.6) is 0 Å². The van der Waals surface area contributed by atoms with Gasteiger partial charge in [-0.25, -0.2) is 8.42 Å². The summed E-state index contributed by atoms with van der Waals surface area (Å²) in [7, 11) is -4.24. The molecule has 11 heteroatoms. The van der Waals surface area contributed by atoms with E-state index in [9.17, 15) is 18.0 Å². The maximum atomic E-state index is 14.5. The Morgan fingerprint density at radius 1 is 0.844 bits per heavy atom. The van der Waals surface area contributed by atoms with E-state index in [1.807, 2.05) is 44.2 Å². The van der Waals surface area contributed by atoms with Gasteiger partial charge < -0.3 is 10.2 Å². The Labute approximate surface area is 279 Å². The van der Waals surface area contributed by atoms with Gasteiger partial charge in [0.25, 0.3) is 10.0 Å². The highest BCUT2D eigenvalue weighted by atomic mass is 35.5. The molecule has 2 amide bonds. The van der Waals surface area contributed by atoms with Crippen LogP contribution in [0.4, 0.5) is 5.69 Å². The minimum atomic E-state index is -4.24. The number of halogens is 3. The van der Waals surface area contributed by atoms with Gasteiger partial charge in [-0.2, -0.15) is 0 Å². The second-order valence-electron chi connectivity index (χ2n) is 10.6. The number of nitrogens with zero attached hydrogens (tertiary/aromatic N) is 2. The van der Waals surface area contributed by atoms with Crippen molar-refractivity contribution in [1.29, 1.82) is 0 Å². The predicted molar refractivity (Wildman–Crippen MR) is 181 cm³/mol. The molecule has 1 unspecified atom stereocenters. The first-order valence-corrected chi connectivity index (χ1v) is 17.0. The predicted octanol–water partition coefficient (Wildman–Crippen LogP) is 7.32. The molecule has 4 aromatic rings. The topological polar surface area (TPSA) is 86.8 Å². The smallest absolute Gasteiger partial charge is 0.264 e. The monoisotopic (exact) mass is 685 g/mol. The van der Waals surface area contributed by atoms with Crippen LogP contribution in [0.15, 0.2) is 102 Å². The zero-order valence-electron chi connectivity index (χ0n) is 24.9. The van der Waals surface area contributed by atoms with Crippen LogP contribution in [-0.2, 0) is 32.6 Å². The summed E-state index contributed by atoms with van der Waals surface area (Å²) in [6, 6.07) is 25.9. The third kappa shape index (κ3) is 9.01. The summed E-state index contributed by atoms with van der Waals surface area (Å²) in [4.78, 5) is 29.6. The van der Waals surface area contributed by atoms with Gasteiger partial charge in [-0.15, -0.1) is 0 Å². The number of aryl methyl sites for hydroxylation is 1. The highest BCUT2D eigenvalue weighted by Crippen LogP contribution is 2.28. The molecule has 0 saturated carbocycles. The van der Waals surface area contributed by atoms with Gasteiger partial charge in [-0.05, 0) is 66.9 Å². The SMILES string of the molecule is CCCNC(=O)C(Cc1ccccc1)N(Cc1ccc(Cl)cc1Cl)C(=O)CN(c1cccc(Cl)c1)S(=O)(=O)c1ccc(C)cc1. The van der Waals surface area contributed by atoms with E-state index in [0.717, 1.165) is 15.4 Å². The lowest BCUT2D eigenvalue weighted by Gasteiger charge is -2.34. The minimum Gasteiger partial charge on any atom is -0.354 e. The average Bonchev–Trinajstić information content (AvgIpc) is 3.01. The fourth-order valence-electron chi connectivity index (χ4n) is 4.75. The summed E-state index contributed by atoms with van der Waals surface area (Å²) < 4.78 is 29.2. The molecule has 0 aromatic heterocycles. The van der Waals surface area contributed by atoms with E-state index in [1.165, 1.54) is 23.1 Å².